The van der Waals surface area contributed by atoms with Crippen LogP contribution in [0.5, 0.6) is 0 Å². The maximum absolute atomic E-state index is 12.2. The molecule has 142 valence electrons. The Labute approximate surface area is 160 Å². The molecule has 0 fully saturated rings. The first-order chi connectivity index (χ1) is 13.4. The molecule has 0 aliphatic carbocycles. The highest BCUT2D eigenvalue weighted by molar-refractivity contribution is 5.80. The average Bonchev–Trinajstić information content (AvgIpc) is 3.12. The molecule has 0 aliphatic rings. The predicted molar refractivity (Wildman–Crippen MR) is 106 cm³/mol. The number of aryl methyl sites for hydroxylation is 1. The molecule has 7 nitrogen and oxygen atoms in total. The summed E-state index contributed by atoms with van der Waals surface area (Å²) < 4.78 is 6.86. The van der Waals surface area contributed by atoms with Crippen LogP contribution in [0, 0.1) is 6.92 Å². The second-order valence-electron chi connectivity index (χ2n) is 7.13. The summed E-state index contributed by atoms with van der Waals surface area (Å²) in [5.74, 6) is 0.951. The van der Waals surface area contributed by atoms with Gasteiger partial charge in [0.05, 0.1) is 17.5 Å². The number of benzene rings is 2. The van der Waals surface area contributed by atoms with E-state index in [1.807, 2.05) is 51.1 Å². The van der Waals surface area contributed by atoms with E-state index in [-0.39, 0.29) is 6.04 Å². The lowest BCUT2D eigenvalue weighted by atomic mass is 10.1. The van der Waals surface area contributed by atoms with Crippen molar-refractivity contribution < 1.29 is 4.52 Å². The molecule has 0 unspecified atom stereocenters. The fourth-order valence-corrected chi connectivity index (χ4v) is 3.22. The number of nitrogens with zero attached hydrogens (tertiary/aromatic N) is 3. The van der Waals surface area contributed by atoms with Gasteiger partial charge >= 0.3 is 11.1 Å². The molecule has 0 saturated carbocycles. The fraction of sp³-hybridized carbons (Fsp3) is 0.238. The molecular formula is C21H20N4O3. The van der Waals surface area contributed by atoms with Gasteiger partial charge in [-0.3, -0.25) is 14.2 Å². The molecule has 7 heteroatoms. The summed E-state index contributed by atoms with van der Waals surface area (Å²) in [5.41, 5.74) is 3.00. The van der Waals surface area contributed by atoms with E-state index in [0.717, 1.165) is 5.56 Å². The van der Waals surface area contributed by atoms with E-state index in [0.29, 0.717) is 34.7 Å². The van der Waals surface area contributed by atoms with E-state index in [4.69, 9.17) is 4.52 Å². The smallest absolute Gasteiger partial charge is 0.316 e. The van der Waals surface area contributed by atoms with Gasteiger partial charge in [0.15, 0.2) is 0 Å². The van der Waals surface area contributed by atoms with Crippen LogP contribution in [0.3, 0.4) is 0 Å². The third-order valence-corrected chi connectivity index (χ3v) is 4.64. The Morgan fingerprint density at radius 1 is 1.11 bits per heavy atom. The molecule has 4 aromatic rings. The molecule has 0 saturated heterocycles. The number of fused-ring (bicyclic) bond motifs is 1. The second-order valence-corrected chi connectivity index (χ2v) is 7.13. The fourth-order valence-electron chi connectivity index (χ4n) is 3.22. The van der Waals surface area contributed by atoms with Gasteiger partial charge in [0, 0.05) is 11.6 Å². The lowest BCUT2D eigenvalue weighted by Crippen LogP contribution is -2.37. The number of hydrogen-bond acceptors (Lipinski definition) is 5. The van der Waals surface area contributed by atoms with Crippen LogP contribution in [0.25, 0.3) is 22.4 Å². The lowest BCUT2D eigenvalue weighted by molar-refractivity contribution is 0.385. The zero-order valence-corrected chi connectivity index (χ0v) is 15.9. The van der Waals surface area contributed by atoms with Crippen molar-refractivity contribution >= 4 is 11.0 Å². The number of aromatic nitrogens is 4. The number of hydrogen-bond donors (Lipinski definition) is 1. The molecule has 0 radical (unpaired) electrons. The maximum atomic E-state index is 12.2. The molecule has 1 N–H and O–H groups in total. The Hall–Kier alpha value is -3.48. The minimum Gasteiger partial charge on any atom is -0.339 e. The van der Waals surface area contributed by atoms with Crippen LogP contribution >= 0.6 is 0 Å². The van der Waals surface area contributed by atoms with E-state index in [9.17, 15) is 9.59 Å². The van der Waals surface area contributed by atoms with Crippen molar-refractivity contribution in [3.8, 4) is 11.4 Å². The monoisotopic (exact) mass is 376 g/mol. The van der Waals surface area contributed by atoms with Crippen LogP contribution in [-0.2, 0) is 6.42 Å². The summed E-state index contributed by atoms with van der Waals surface area (Å²) in [6.45, 7) is 5.77. The molecule has 0 atom stereocenters. The number of aromatic amines is 1. The minimum absolute atomic E-state index is 0.130. The Kier molecular flexibility index (Phi) is 4.43. The van der Waals surface area contributed by atoms with Gasteiger partial charge in [0.2, 0.25) is 11.7 Å². The quantitative estimate of drug-likeness (QED) is 0.552. The molecule has 4 rings (SSSR count). The first-order valence-electron chi connectivity index (χ1n) is 9.09. The van der Waals surface area contributed by atoms with E-state index in [2.05, 4.69) is 15.1 Å². The maximum Gasteiger partial charge on any atom is 0.316 e. The largest absolute Gasteiger partial charge is 0.339 e. The van der Waals surface area contributed by atoms with E-state index in [1.54, 1.807) is 12.1 Å². The van der Waals surface area contributed by atoms with Gasteiger partial charge in [-0.1, -0.05) is 35.0 Å². The topological polar surface area (TPSA) is 93.8 Å². The molecule has 0 amide bonds. The molecule has 0 aliphatic heterocycles. The van der Waals surface area contributed by atoms with Crippen molar-refractivity contribution in [2.75, 3.05) is 0 Å². The summed E-state index contributed by atoms with van der Waals surface area (Å²) in [5, 5.41) is 4.06. The Bertz CT molecular complexity index is 1260. The van der Waals surface area contributed by atoms with Crippen LogP contribution in [0.15, 0.2) is 56.6 Å². The van der Waals surface area contributed by atoms with Gasteiger partial charge in [-0.2, -0.15) is 4.98 Å². The predicted octanol–water partition coefficient (Wildman–Crippen LogP) is 3.22. The van der Waals surface area contributed by atoms with Gasteiger partial charge in [-0.15, -0.1) is 0 Å². The third-order valence-electron chi connectivity index (χ3n) is 4.64. The van der Waals surface area contributed by atoms with Crippen LogP contribution < -0.4 is 11.1 Å². The summed E-state index contributed by atoms with van der Waals surface area (Å²) in [7, 11) is 0. The summed E-state index contributed by atoms with van der Waals surface area (Å²) in [6.07, 6.45) is 0.546. The SMILES string of the molecule is Cc1ccc(Cc2nc(-c3ccc4c(c3)[nH]c(=O)c(=O)n4C(C)C)no2)cc1. The zero-order valence-electron chi connectivity index (χ0n) is 15.9. The van der Waals surface area contributed by atoms with Gasteiger partial charge in [-0.05, 0) is 44.5 Å². The lowest BCUT2D eigenvalue weighted by Gasteiger charge is -2.13. The normalized spacial score (nSPS) is 11.4. The molecule has 28 heavy (non-hydrogen) atoms. The van der Waals surface area contributed by atoms with Crippen LogP contribution in [-0.4, -0.2) is 19.7 Å². The van der Waals surface area contributed by atoms with Gasteiger partial charge < -0.3 is 9.51 Å². The summed E-state index contributed by atoms with van der Waals surface area (Å²) in [6, 6.07) is 13.4. The van der Waals surface area contributed by atoms with Gasteiger partial charge in [0.25, 0.3) is 0 Å². The Morgan fingerprint density at radius 3 is 2.57 bits per heavy atom. The number of rotatable bonds is 4. The van der Waals surface area contributed by atoms with Crippen LogP contribution in [0.4, 0.5) is 0 Å². The third kappa shape index (κ3) is 3.26. The van der Waals surface area contributed by atoms with Crippen LogP contribution in [0.1, 0.15) is 36.9 Å². The Morgan fingerprint density at radius 2 is 1.86 bits per heavy atom. The van der Waals surface area contributed by atoms with Crippen molar-refractivity contribution in [3.05, 3.63) is 80.2 Å². The molecule has 0 bridgehead atoms. The highest BCUT2D eigenvalue weighted by Crippen LogP contribution is 2.22. The standard InChI is InChI=1S/C21H20N4O3/c1-12(2)25-17-9-8-15(11-16(17)22-20(26)21(25)27)19-23-18(28-24-19)10-14-6-4-13(3)5-7-14/h4-9,11-12H,10H2,1-3H3,(H,22,26). The highest BCUT2D eigenvalue weighted by atomic mass is 16.5. The van der Waals surface area contributed by atoms with E-state index < -0.39 is 11.1 Å². The van der Waals surface area contributed by atoms with Crippen molar-refractivity contribution in [1.29, 1.82) is 0 Å². The summed E-state index contributed by atoms with van der Waals surface area (Å²) in [4.78, 5) is 31.3. The molecule has 0 spiro atoms. The van der Waals surface area contributed by atoms with E-state index >= 15 is 0 Å². The summed E-state index contributed by atoms with van der Waals surface area (Å²) >= 11 is 0. The molecular weight excluding hydrogens is 356 g/mol. The van der Waals surface area contributed by atoms with Gasteiger partial charge in [0.1, 0.15) is 0 Å². The minimum atomic E-state index is -0.647. The number of nitrogens with one attached hydrogen (secondary N) is 1. The van der Waals surface area contributed by atoms with Gasteiger partial charge in [-0.25, -0.2) is 0 Å². The molecule has 2 aromatic heterocycles. The van der Waals surface area contributed by atoms with Crippen molar-refractivity contribution in [1.82, 2.24) is 19.7 Å². The van der Waals surface area contributed by atoms with Crippen molar-refractivity contribution in [3.63, 3.8) is 0 Å². The molecule has 2 heterocycles. The second kappa shape index (κ2) is 6.92. The first kappa shape index (κ1) is 17.9. The average molecular weight is 376 g/mol. The van der Waals surface area contributed by atoms with Crippen LogP contribution in [0.2, 0.25) is 0 Å². The molecule has 2 aromatic carbocycles. The number of H-pyrrole nitrogens is 1. The Balaban J connectivity index is 1.71. The zero-order chi connectivity index (χ0) is 19.8. The van der Waals surface area contributed by atoms with Crippen molar-refractivity contribution in [2.24, 2.45) is 0 Å². The van der Waals surface area contributed by atoms with E-state index in [1.165, 1.54) is 10.1 Å². The highest BCUT2D eigenvalue weighted by Gasteiger charge is 2.14. The first-order valence-corrected chi connectivity index (χ1v) is 9.09. The van der Waals surface area contributed by atoms with Crippen molar-refractivity contribution in [2.45, 2.75) is 33.2 Å².